The average molecular weight is 406 g/mol. The van der Waals surface area contributed by atoms with Crippen LogP contribution in [0.15, 0.2) is 18.2 Å². The molecule has 2 aliphatic rings. The molecule has 1 aromatic rings. The molecule has 0 bridgehead atoms. The minimum atomic E-state index is -0.139. The standard InChI is InChI=1S/C25H31N3O2/c1-3-5-18-27(20-12-7-8-13-20)24(29)22-16-11-17-23(26-22)25(30)28(19-6-4-2)21-14-9-10-15-21/h11,16-17,20-21H,7-10,12-15,18-19H2,1-2H3. The third-order valence-corrected chi connectivity index (χ3v) is 6.09. The van der Waals surface area contributed by atoms with E-state index in [0.29, 0.717) is 24.5 Å². The first-order valence-electron chi connectivity index (χ1n) is 11.0. The maximum atomic E-state index is 13.3. The number of hydrogen-bond donors (Lipinski definition) is 0. The Kier molecular flexibility index (Phi) is 7.91. The van der Waals surface area contributed by atoms with Crippen molar-refractivity contribution < 1.29 is 9.59 Å². The molecule has 3 rings (SSSR count). The van der Waals surface area contributed by atoms with Crippen molar-refractivity contribution in [1.29, 1.82) is 0 Å². The number of aromatic nitrogens is 1. The van der Waals surface area contributed by atoms with E-state index in [9.17, 15) is 9.59 Å². The van der Waals surface area contributed by atoms with Crippen molar-refractivity contribution in [2.45, 2.75) is 77.3 Å². The van der Waals surface area contributed by atoms with Gasteiger partial charge in [-0.3, -0.25) is 9.59 Å². The summed E-state index contributed by atoms with van der Waals surface area (Å²) in [6.45, 7) is 4.37. The Morgan fingerprint density at radius 3 is 1.60 bits per heavy atom. The predicted octanol–water partition coefficient (Wildman–Crippen LogP) is 3.90. The van der Waals surface area contributed by atoms with Gasteiger partial charge in [0.1, 0.15) is 11.4 Å². The van der Waals surface area contributed by atoms with Gasteiger partial charge >= 0.3 is 0 Å². The highest BCUT2D eigenvalue weighted by molar-refractivity contribution is 5.96. The summed E-state index contributed by atoms with van der Waals surface area (Å²) in [4.78, 5) is 34.7. The Hall–Kier alpha value is -2.79. The van der Waals surface area contributed by atoms with Gasteiger partial charge < -0.3 is 9.80 Å². The van der Waals surface area contributed by atoms with Crippen molar-refractivity contribution in [3.05, 3.63) is 29.6 Å². The number of nitrogens with zero attached hydrogens (tertiary/aromatic N) is 3. The highest BCUT2D eigenvalue weighted by Gasteiger charge is 2.30. The molecule has 0 N–H and O–H groups in total. The lowest BCUT2D eigenvalue weighted by atomic mass is 10.1. The Morgan fingerprint density at radius 2 is 1.23 bits per heavy atom. The predicted molar refractivity (Wildman–Crippen MR) is 118 cm³/mol. The van der Waals surface area contributed by atoms with E-state index in [1.54, 1.807) is 32.0 Å². The molecule has 1 aromatic heterocycles. The lowest BCUT2D eigenvalue weighted by Crippen LogP contribution is -2.41. The fraction of sp³-hybridized carbons (Fsp3) is 0.560. The van der Waals surface area contributed by atoms with Crippen molar-refractivity contribution in [2.75, 3.05) is 13.1 Å². The van der Waals surface area contributed by atoms with Crippen molar-refractivity contribution in [3.63, 3.8) is 0 Å². The summed E-state index contributed by atoms with van der Waals surface area (Å²) < 4.78 is 0. The lowest BCUT2D eigenvalue weighted by Gasteiger charge is -2.28. The van der Waals surface area contributed by atoms with Gasteiger partial charge in [0.05, 0.1) is 13.1 Å². The molecule has 30 heavy (non-hydrogen) atoms. The van der Waals surface area contributed by atoms with E-state index in [-0.39, 0.29) is 23.9 Å². The molecular weight excluding hydrogens is 374 g/mol. The molecule has 0 aromatic carbocycles. The number of hydrogen-bond acceptors (Lipinski definition) is 3. The highest BCUT2D eigenvalue weighted by atomic mass is 16.2. The second kappa shape index (κ2) is 10.8. The molecule has 1 heterocycles. The van der Waals surface area contributed by atoms with Crippen molar-refractivity contribution >= 4 is 11.8 Å². The molecule has 2 aliphatic carbocycles. The molecule has 0 aliphatic heterocycles. The smallest absolute Gasteiger partial charge is 0.273 e. The first-order valence-corrected chi connectivity index (χ1v) is 11.0. The topological polar surface area (TPSA) is 53.5 Å². The summed E-state index contributed by atoms with van der Waals surface area (Å²) in [6.07, 6.45) is 8.54. The minimum Gasteiger partial charge on any atom is -0.323 e. The van der Waals surface area contributed by atoms with Crippen molar-refractivity contribution in [2.24, 2.45) is 0 Å². The van der Waals surface area contributed by atoms with Crippen LogP contribution in [0.5, 0.6) is 0 Å². The van der Waals surface area contributed by atoms with Gasteiger partial charge in [-0.15, -0.1) is 11.8 Å². The summed E-state index contributed by atoms with van der Waals surface area (Å²) in [7, 11) is 0. The van der Waals surface area contributed by atoms with Gasteiger partial charge in [-0.2, -0.15) is 0 Å². The van der Waals surface area contributed by atoms with Gasteiger partial charge in [-0.25, -0.2) is 4.98 Å². The van der Waals surface area contributed by atoms with E-state index in [1.807, 2.05) is 9.80 Å². The zero-order chi connectivity index (χ0) is 21.3. The van der Waals surface area contributed by atoms with Gasteiger partial charge in [0.15, 0.2) is 0 Å². The normalized spacial score (nSPS) is 16.3. The second-order valence-electron chi connectivity index (χ2n) is 8.00. The molecule has 2 fully saturated rings. The molecule has 0 unspecified atom stereocenters. The van der Waals surface area contributed by atoms with Crippen LogP contribution in [0.4, 0.5) is 0 Å². The SMILES string of the molecule is CC#CCN(C(=O)c1cccc(C(=O)N(CC#CC)C2CCCC2)n1)C1CCCC1. The molecule has 5 nitrogen and oxygen atoms in total. The Labute approximate surface area is 180 Å². The fourth-order valence-corrected chi connectivity index (χ4v) is 4.46. The van der Waals surface area contributed by atoms with Gasteiger partial charge in [0.2, 0.25) is 0 Å². The third kappa shape index (κ3) is 5.22. The molecule has 0 radical (unpaired) electrons. The van der Waals surface area contributed by atoms with Crippen LogP contribution in [0, 0.1) is 23.7 Å². The molecule has 2 saturated carbocycles. The zero-order valence-electron chi connectivity index (χ0n) is 18.1. The summed E-state index contributed by atoms with van der Waals surface area (Å²) in [5, 5.41) is 0. The van der Waals surface area contributed by atoms with Crippen LogP contribution in [-0.2, 0) is 0 Å². The molecule has 158 valence electrons. The molecule has 0 spiro atoms. The number of carbonyl (C=O) groups excluding carboxylic acids is 2. The van der Waals surface area contributed by atoms with Crippen LogP contribution in [0.3, 0.4) is 0 Å². The van der Waals surface area contributed by atoms with Crippen LogP contribution >= 0.6 is 0 Å². The summed E-state index contributed by atoms with van der Waals surface area (Å²) in [6, 6.07) is 5.56. The molecule has 2 amide bonds. The van der Waals surface area contributed by atoms with Crippen LogP contribution in [0.2, 0.25) is 0 Å². The number of amides is 2. The van der Waals surface area contributed by atoms with E-state index in [4.69, 9.17) is 0 Å². The average Bonchev–Trinajstić information content (AvgIpc) is 3.49. The minimum absolute atomic E-state index is 0.139. The largest absolute Gasteiger partial charge is 0.323 e. The zero-order valence-corrected chi connectivity index (χ0v) is 18.1. The van der Waals surface area contributed by atoms with Gasteiger partial charge in [-0.1, -0.05) is 43.6 Å². The van der Waals surface area contributed by atoms with E-state index in [2.05, 4.69) is 28.7 Å². The van der Waals surface area contributed by atoms with Crippen LogP contribution in [0.25, 0.3) is 0 Å². The summed E-state index contributed by atoms with van der Waals surface area (Å²) >= 11 is 0. The monoisotopic (exact) mass is 405 g/mol. The summed E-state index contributed by atoms with van der Waals surface area (Å²) in [5.74, 6) is 11.6. The first-order chi connectivity index (χ1) is 14.7. The highest BCUT2D eigenvalue weighted by Crippen LogP contribution is 2.26. The van der Waals surface area contributed by atoms with Crippen LogP contribution < -0.4 is 0 Å². The maximum Gasteiger partial charge on any atom is 0.273 e. The second-order valence-corrected chi connectivity index (χ2v) is 8.00. The maximum absolute atomic E-state index is 13.3. The quantitative estimate of drug-likeness (QED) is 0.675. The Balaban J connectivity index is 1.83. The van der Waals surface area contributed by atoms with Gasteiger partial charge in [0, 0.05) is 12.1 Å². The van der Waals surface area contributed by atoms with Crippen molar-refractivity contribution in [1.82, 2.24) is 14.8 Å². The van der Waals surface area contributed by atoms with Crippen LogP contribution in [0.1, 0.15) is 86.2 Å². The molecule has 5 heteroatoms. The molecule has 0 atom stereocenters. The lowest BCUT2D eigenvalue weighted by molar-refractivity contribution is 0.0697. The summed E-state index contributed by atoms with van der Waals surface area (Å²) in [5.41, 5.74) is 0.636. The fourth-order valence-electron chi connectivity index (χ4n) is 4.46. The number of carbonyl (C=O) groups is 2. The van der Waals surface area contributed by atoms with E-state index in [0.717, 1.165) is 51.4 Å². The van der Waals surface area contributed by atoms with Crippen LogP contribution in [-0.4, -0.2) is 51.8 Å². The number of pyridine rings is 1. The third-order valence-electron chi connectivity index (χ3n) is 6.09. The van der Waals surface area contributed by atoms with E-state index < -0.39 is 0 Å². The number of rotatable bonds is 6. The van der Waals surface area contributed by atoms with E-state index in [1.165, 1.54) is 0 Å². The van der Waals surface area contributed by atoms with E-state index >= 15 is 0 Å². The molecular formula is C25H31N3O2. The molecule has 0 saturated heterocycles. The van der Waals surface area contributed by atoms with Gasteiger partial charge in [-0.05, 0) is 51.7 Å². The Bertz CT molecular complexity index is 806. The van der Waals surface area contributed by atoms with Crippen molar-refractivity contribution in [3.8, 4) is 23.7 Å². The Morgan fingerprint density at radius 1 is 0.833 bits per heavy atom. The van der Waals surface area contributed by atoms with Gasteiger partial charge in [0.25, 0.3) is 11.8 Å². The first kappa shape index (κ1) is 21.9.